The third-order valence-corrected chi connectivity index (χ3v) is 7.40. The number of rotatable bonds is 11. The third kappa shape index (κ3) is 8.43. The molecule has 2 amide bonds. The molecule has 0 unspecified atom stereocenters. The van der Waals surface area contributed by atoms with Crippen LogP contribution in [0.4, 0.5) is 20.9 Å². The topological polar surface area (TPSA) is 114 Å². The lowest BCUT2D eigenvalue weighted by atomic mass is 10.1. The van der Waals surface area contributed by atoms with E-state index in [1.165, 1.54) is 54.5 Å². The Morgan fingerprint density at radius 1 is 1.00 bits per heavy atom. The smallest absolute Gasteiger partial charge is 0.271 e. The summed E-state index contributed by atoms with van der Waals surface area (Å²) in [4.78, 5) is 29.6. The highest BCUT2D eigenvalue weighted by Crippen LogP contribution is 2.36. The Hall–Kier alpha value is -5.26. The lowest BCUT2D eigenvalue weighted by Crippen LogP contribution is -2.20. The maximum atomic E-state index is 13.1. The second kappa shape index (κ2) is 14.5. The van der Waals surface area contributed by atoms with Crippen LogP contribution in [0.25, 0.3) is 11.3 Å². The van der Waals surface area contributed by atoms with Gasteiger partial charge in [0.2, 0.25) is 0 Å². The van der Waals surface area contributed by atoms with Crippen LogP contribution in [0.5, 0.6) is 11.5 Å². The van der Waals surface area contributed by atoms with Gasteiger partial charge in [0.15, 0.2) is 23.2 Å². The average Bonchev–Trinajstić information content (AvgIpc) is 3.51. The highest BCUT2D eigenvalue weighted by molar-refractivity contribution is 7.14. The number of hydrogen-bond acceptors (Lipinski definition) is 8. The van der Waals surface area contributed by atoms with Crippen LogP contribution >= 0.6 is 22.9 Å². The molecule has 0 saturated carbocycles. The van der Waals surface area contributed by atoms with Crippen molar-refractivity contribution >= 4 is 57.5 Å². The fourth-order valence-corrected chi connectivity index (χ4v) is 5.08. The maximum Gasteiger partial charge on any atom is 0.271 e. The van der Waals surface area contributed by atoms with Crippen LogP contribution in [0.2, 0.25) is 5.02 Å². The summed E-state index contributed by atoms with van der Waals surface area (Å²) in [6.07, 6.45) is 1.41. The van der Waals surface area contributed by atoms with Gasteiger partial charge in [0.25, 0.3) is 11.8 Å². The number of benzene rings is 4. The molecule has 4 aromatic carbocycles. The van der Waals surface area contributed by atoms with Crippen molar-refractivity contribution in [2.24, 2.45) is 5.10 Å². The molecule has 0 aliphatic heterocycles. The van der Waals surface area contributed by atoms with Crippen molar-refractivity contribution in [3.63, 3.8) is 0 Å². The zero-order chi connectivity index (χ0) is 31.8. The number of aromatic nitrogens is 1. The summed E-state index contributed by atoms with van der Waals surface area (Å²) in [6.45, 7) is 1.68. The van der Waals surface area contributed by atoms with Gasteiger partial charge in [0.1, 0.15) is 5.82 Å². The number of thiazole rings is 1. The fourth-order valence-electron chi connectivity index (χ4n) is 4.07. The summed E-state index contributed by atoms with van der Waals surface area (Å²) in [5, 5.41) is 12.8. The molecule has 0 fully saturated rings. The van der Waals surface area contributed by atoms with Gasteiger partial charge in [-0.05, 0) is 73.2 Å². The Morgan fingerprint density at radius 3 is 2.42 bits per heavy atom. The van der Waals surface area contributed by atoms with Gasteiger partial charge in [-0.15, -0.1) is 11.3 Å². The third-order valence-electron chi connectivity index (χ3n) is 6.36. The number of hydrazone groups is 1. The van der Waals surface area contributed by atoms with Gasteiger partial charge in [0, 0.05) is 27.9 Å². The summed E-state index contributed by atoms with van der Waals surface area (Å²) in [7, 11) is 1.43. The number of carbonyl (C=O) groups is 2. The lowest BCUT2D eigenvalue weighted by molar-refractivity contribution is -0.118. The quantitative estimate of drug-likeness (QED) is 0.102. The Bertz CT molecular complexity index is 1830. The first-order valence-corrected chi connectivity index (χ1v) is 14.8. The van der Waals surface area contributed by atoms with Crippen LogP contribution in [-0.2, 0) is 4.79 Å². The number of nitrogens with zero attached hydrogens (tertiary/aromatic N) is 2. The highest BCUT2D eigenvalue weighted by atomic mass is 35.5. The van der Waals surface area contributed by atoms with Crippen molar-refractivity contribution in [3.05, 3.63) is 118 Å². The normalized spacial score (nSPS) is 10.8. The molecule has 0 spiro atoms. The first-order chi connectivity index (χ1) is 21.8. The van der Waals surface area contributed by atoms with E-state index in [2.05, 4.69) is 26.1 Å². The Morgan fingerprint density at radius 2 is 1.71 bits per heavy atom. The number of amides is 2. The number of nitrogens with one attached hydrogen (secondary N) is 3. The van der Waals surface area contributed by atoms with Crippen molar-refractivity contribution in [3.8, 4) is 22.8 Å². The number of aryl methyl sites for hydroxylation is 1. The molecule has 3 N–H and O–H groups in total. The number of hydrogen-bond donors (Lipinski definition) is 3. The van der Waals surface area contributed by atoms with E-state index in [-0.39, 0.29) is 23.1 Å². The molecule has 0 saturated heterocycles. The summed E-state index contributed by atoms with van der Waals surface area (Å²) >= 11 is 7.89. The number of ether oxygens (including phenoxy) is 2. The molecular weight excluding hydrogens is 617 g/mol. The van der Waals surface area contributed by atoms with Crippen molar-refractivity contribution in [1.82, 2.24) is 10.4 Å². The van der Waals surface area contributed by atoms with E-state index in [4.69, 9.17) is 21.1 Å². The van der Waals surface area contributed by atoms with Crippen molar-refractivity contribution in [2.45, 2.75) is 6.92 Å². The van der Waals surface area contributed by atoms with Gasteiger partial charge in [-0.25, -0.2) is 14.8 Å². The van der Waals surface area contributed by atoms with Gasteiger partial charge in [-0.1, -0.05) is 41.4 Å². The average molecular weight is 644 g/mol. The van der Waals surface area contributed by atoms with E-state index in [0.29, 0.717) is 16.8 Å². The first-order valence-electron chi connectivity index (χ1n) is 13.6. The highest BCUT2D eigenvalue weighted by Gasteiger charge is 2.14. The second-order valence-electron chi connectivity index (χ2n) is 9.68. The maximum absolute atomic E-state index is 13.1. The van der Waals surface area contributed by atoms with E-state index >= 15 is 0 Å². The number of halogens is 2. The fraction of sp³-hybridized carbons (Fsp3) is 0.0909. The molecule has 5 rings (SSSR count). The number of methoxy groups -OCH3 is 1. The zero-order valence-electron chi connectivity index (χ0n) is 24.1. The van der Waals surface area contributed by atoms with Crippen LogP contribution in [0.3, 0.4) is 0 Å². The SMILES string of the molecule is COc1cc(/C=N/NC(=O)c2ccc(-c3csc(Nc4ccc(C)cc4)n3)cc2)cc(Cl)c1OCC(=O)Nc1ccc(F)cc1. The van der Waals surface area contributed by atoms with Gasteiger partial charge >= 0.3 is 0 Å². The second-order valence-corrected chi connectivity index (χ2v) is 10.9. The molecule has 0 bridgehead atoms. The van der Waals surface area contributed by atoms with E-state index in [0.717, 1.165) is 22.1 Å². The van der Waals surface area contributed by atoms with Gasteiger partial charge in [0.05, 0.1) is 24.0 Å². The summed E-state index contributed by atoms with van der Waals surface area (Å²) in [5.74, 6) is -0.852. The molecule has 5 aromatic rings. The minimum absolute atomic E-state index is 0.160. The molecular formula is C33H27ClFN5O4S. The van der Waals surface area contributed by atoms with E-state index < -0.39 is 17.6 Å². The van der Waals surface area contributed by atoms with Crippen molar-refractivity contribution in [2.75, 3.05) is 24.4 Å². The van der Waals surface area contributed by atoms with Crippen LogP contribution in [0, 0.1) is 12.7 Å². The predicted octanol–water partition coefficient (Wildman–Crippen LogP) is 7.44. The Kier molecular flexibility index (Phi) is 10.0. The molecule has 0 radical (unpaired) electrons. The lowest BCUT2D eigenvalue weighted by Gasteiger charge is -2.13. The molecule has 0 aliphatic rings. The predicted molar refractivity (Wildman–Crippen MR) is 176 cm³/mol. The van der Waals surface area contributed by atoms with Gasteiger partial charge < -0.3 is 20.1 Å². The standard InChI is InChI=1S/C33H27ClFN5O4S/c1-20-3-11-26(12-4-20)38-33-39-28(19-45-33)22-5-7-23(8-6-22)32(42)40-36-17-21-15-27(34)31(29(16-21)43-2)44-18-30(41)37-25-13-9-24(35)10-14-25/h3-17,19H,18H2,1-2H3,(H,37,41)(H,38,39)(H,40,42)/b36-17+. The number of anilines is 3. The monoisotopic (exact) mass is 643 g/mol. The molecule has 12 heteroatoms. The van der Waals surface area contributed by atoms with Gasteiger partial charge in [-0.3, -0.25) is 9.59 Å². The molecule has 1 heterocycles. The Balaban J connectivity index is 1.15. The van der Waals surface area contributed by atoms with Crippen molar-refractivity contribution < 1.29 is 23.5 Å². The summed E-state index contributed by atoms with van der Waals surface area (Å²) < 4.78 is 24.0. The number of carbonyl (C=O) groups excluding carboxylic acids is 2. The van der Waals surface area contributed by atoms with E-state index in [1.54, 1.807) is 24.3 Å². The molecule has 0 atom stereocenters. The van der Waals surface area contributed by atoms with Crippen molar-refractivity contribution in [1.29, 1.82) is 0 Å². The minimum atomic E-state index is -0.465. The molecule has 1 aromatic heterocycles. The summed E-state index contributed by atoms with van der Waals surface area (Å²) in [6, 6.07) is 23.6. The van der Waals surface area contributed by atoms with Crippen LogP contribution in [-0.4, -0.2) is 36.7 Å². The minimum Gasteiger partial charge on any atom is -0.493 e. The van der Waals surface area contributed by atoms with Crippen LogP contribution in [0.1, 0.15) is 21.5 Å². The van der Waals surface area contributed by atoms with Crippen LogP contribution in [0.15, 0.2) is 95.4 Å². The van der Waals surface area contributed by atoms with Gasteiger partial charge in [-0.2, -0.15) is 5.10 Å². The Labute approximate surface area is 267 Å². The molecule has 9 nitrogen and oxygen atoms in total. The summed E-state index contributed by atoms with van der Waals surface area (Å²) in [5.41, 5.74) is 7.68. The zero-order valence-corrected chi connectivity index (χ0v) is 25.7. The molecule has 228 valence electrons. The first kappa shape index (κ1) is 31.2. The molecule has 0 aliphatic carbocycles. The van der Waals surface area contributed by atoms with E-state index in [1.807, 2.05) is 48.7 Å². The van der Waals surface area contributed by atoms with E-state index in [9.17, 15) is 14.0 Å². The van der Waals surface area contributed by atoms with Crippen LogP contribution < -0.4 is 25.5 Å². The largest absolute Gasteiger partial charge is 0.493 e. The molecule has 45 heavy (non-hydrogen) atoms.